The molecule has 4 nitrogen and oxygen atoms in total. The maximum atomic E-state index is 12.4. The molecule has 0 radical (unpaired) electrons. The fourth-order valence-electron chi connectivity index (χ4n) is 1.76. The standard InChI is InChI=1S/C12H18BrClN2O2S/c1-3-12(4-2,8-15)16-19(17,18)11-6-5-9(14)7-10(11)13/h5-7,16H,3-4,8,15H2,1-2H3. The van der Waals surface area contributed by atoms with Gasteiger partial charge in [-0.25, -0.2) is 13.1 Å². The third-order valence-electron chi connectivity index (χ3n) is 3.28. The van der Waals surface area contributed by atoms with Crippen LogP contribution in [0.4, 0.5) is 0 Å². The van der Waals surface area contributed by atoms with Gasteiger partial charge >= 0.3 is 0 Å². The Morgan fingerprint density at radius 1 is 1.37 bits per heavy atom. The Bertz CT molecular complexity index is 536. The zero-order valence-corrected chi connectivity index (χ0v) is 14.1. The fraction of sp³-hybridized carbons (Fsp3) is 0.500. The Morgan fingerprint density at radius 2 is 1.95 bits per heavy atom. The van der Waals surface area contributed by atoms with Crippen LogP contribution in [-0.4, -0.2) is 20.5 Å². The SMILES string of the molecule is CCC(CC)(CN)NS(=O)(=O)c1ccc(Cl)cc1Br. The largest absolute Gasteiger partial charge is 0.329 e. The van der Waals surface area contributed by atoms with Crippen LogP contribution in [0.3, 0.4) is 0 Å². The molecule has 19 heavy (non-hydrogen) atoms. The molecule has 0 heterocycles. The fourth-order valence-corrected chi connectivity index (χ4v) is 4.69. The van der Waals surface area contributed by atoms with E-state index in [1.807, 2.05) is 13.8 Å². The molecule has 0 bridgehead atoms. The molecule has 1 rings (SSSR count). The van der Waals surface area contributed by atoms with Gasteiger partial charge < -0.3 is 5.73 Å². The maximum absolute atomic E-state index is 12.4. The summed E-state index contributed by atoms with van der Waals surface area (Å²) in [5.41, 5.74) is 5.10. The minimum absolute atomic E-state index is 0.164. The summed E-state index contributed by atoms with van der Waals surface area (Å²) >= 11 is 9.04. The monoisotopic (exact) mass is 368 g/mol. The molecule has 0 aromatic heterocycles. The molecule has 1 aromatic carbocycles. The van der Waals surface area contributed by atoms with E-state index in [0.717, 1.165) is 0 Å². The van der Waals surface area contributed by atoms with Gasteiger partial charge in [0.1, 0.15) is 0 Å². The van der Waals surface area contributed by atoms with Crippen LogP contribution in [0, 0.1) is 0 Å². The molecule has 3 N–H and O–H groups in total. The summed E-state index contributed by atoms with van der Waals surface area (Å²) < 4.78 is 28.0. The molecule has 0 amide bonds. The molecule has 0 unspecified atom stereocenters. The van der Waals surface area contributed by atoms with Gasteiger partial charge in [0.05, 0.1) is 4.90 Å². The first-order valence-electron chi connectivity index (χ1n) is 5.99. The van der Waals surface area contributed by atoms with Crippen LogP contribution in [0.25, 0.3) is 0 Å². The first-order chi connectivity index (χ1) is 8.80. The number of nitrogens with two attached hydrogens (primary N) is 1. The van der Waals surface area contributed by atoms with E-state index < -0.39 is 15.6 Å². The zero-order valence-electron chi connectivity index (χ0n) is 10.9. The summed E-state index contributed by atoms with van der Waals surface area (Å²) in [4.78, 5) is 0.164. The molecule has 0 saturated heterocycles. The topological polar surface area (TPSA) is 72.2 Å². The smallest absolute Gasteiger partial charge is 0.242 e. The van der Waals surface area contributed by atoms with Gasteiger partial charge in [-0.2, -0.15) is 0 Å². The molecular weight excluding hydrogens is 352 g/mol. The Balaban J connectivity index is 3.17. The third kappa shape index (κ3) is 3.92. The van der Waals surface area contributed by atoms with Gasteiger partial charge in [-0.05, 0) is 47.0 Å². The van der Waals surface area contributed by atoms with Crippen LogP contribution >= 0.6 is 27.5 Å². The molecule has 108 valence electrons. The molecule has 0 aliphatic heterocycles. The summed E-state index contributed by atoms with van der Waals surface area (Å²) in [5, 5.41) is 0.474. The van der Waals surface area contributed by atoms with Crippen LogP contribution in [0.2, 0.25) is 5.02 Å². The van der Waals surface area contributed by atoms with E-state index in [1.165, 1.54) is 6.07 Å². The van der Waals surface area contributed by atoms with E-state index >= 15 is 0 Å². The number of hydrogen-bond donors (Lipinski definition) is 2. The van der Waals surface area contributed by atoms with Gasteiger partial charge in [0.2, 0.25) is 10.0 Å². The van der Waals surface area contributed by atoms with Crippen LogP contribution < -0.4 is 10.5 Å². The van der Waals surface area contributed by atoms with Crippen molar-refractivity contribution in [2.24, 2.45) is 5.73 Å². The van der Waals surface area contributed by atoms with Crippen molar-refractivity contribution in [2.45, 2.75) is 37.1 Å². The van der Waals surface area contributed by atoms with Crippen molar-refractivity contribution in [3.8, 4) is 0 Å². The summed E-state index contributed by atoms with van der Waals surface area (Å²) in [6.45, 7) is 4.08. The lowest BCUT2D eigenvalue weighted by molar-refractivity contribution is 0.363. The quantitative estimate of drug-likeness (QED) is 0.810. The molecule has 7 heteroatoms. The normalized spacial score (nSPS) is 12.7. The minimum Gasteiger partial charge on any atom is -0.329 e. The second-order valence-corrected chi connectivity index (χ2v) is 7.31. The molecular formula is C12H18BrClN2O2S. The Morgan fingerprint density at radius 3 is 2.37 bits per heavy atom. The number of sulfonamides is 1. The van der Waals surface area contributed by atoms with Gasteiger partial charge in [-0.1, -0.05) is 25.4 Å². The van der Waals surface area contributed by atoms with Crippen molar-refractivity contribution in [3.63, 3.8) is 0 Å². The van der Waals surface area contributed by atoms with Crippen LogP contribution in [0.15, 0.2) is 27.6 Å². The van der Waals surface area contributed by atoms with E-state index in [9.17, 15) is 8.42 Å². The minimum atomic E-state index is -3.64. The number of benzene rings is 1. The van der Waals surface area contributed by atoms with Crippen molar-refractivity contribution in [1.29, 1.82) is 0 Å². The average molecular weight is 370 g/mol. The van der Waals surface area contributed by atoms with Gasteiger partial charge in [-0.3, -0.25) is 0 Å². The molecule has 0 spiro atoms. The van der Waals surface area contributed by atoms with Crippen molar-refractivity contribution in [3.05, 3.63) is 27.7 Å². The Labute approximate surface area is 127 Å². The van der Waals surface area contributed by atoms with Gasteiger partial charge in [0, 0.05) is 21.6 Å². The van der Waals surface area contributed by atoms with E-state index in [-0.39, 0.29) is 11.4 Å². The molecule has 0 atom stereocenters. The van der Waals surface area contributed by atoms with Crippen LogP contribution in [0.1, 0.15) is 26.7 Å². The summed E-state index contributed by atoms with van der Waals surface area (Å²) in [6, 6.07) is 4.57. The second kappa shape index (κ2) is 6.54. The predicted octanol–water partition coefficient (Wildman–Crippen LogP) is 2.90. The molecule has 0 fully saturated rings. The van der Waals surface area contributed by atoms with Crippen molar-refractivity contribution >= 4 is 37.6 Å². The number of nitrogens with one attached hydrogen (secondary N) is 1. The van der Waals surface area contributed by atoms with Crippen molar-refractivity contribution in [2.75, 3.05) is 6.54 Å². The number of halogens is 2. The predicted molar refractivity (Wildman–Crippen MR) is 81.8 cm³/mol. The number of rotatable bonds is 6. The van der Waals surface area contributed by atoms with Gasteiger partial charge in [-0.15, -0.1) is 0 Å². The van der Waals surface area contributed by atoms with Crippen LogP contribution in [-0.2, 0) is 10.0 Å². The maximum Gasteiger partial charge on any atom is 0.242 e. The summed E-state index contributed by atoms with van der Waals surface area (Å²) in [6.07, 6.45) is 1.26. The van der Waals surface area contributed by atoms with E-state index in [1.54, 1.807) is 12.1 Å². The average Bonchev–Trinajstić information content (AvgIpc) is 2.35. The van der Waals surface area contributed by atoms with Crippen LogP contribution in [0.5, 0.6) is 0 Å². The van der Waals surface area contributed by atoms with Gasteiger partial charge in [0.15, 0.2) is 0 Å². The highest BCUT2D eigenvalue weighted by Gasteiger charge is 2.31. The molecule has 1 aromatic rings. The highest BCUT2D eigenvalue weighted by Crippen LogP contribution is 2.27. The highest BCUT2D eigenvalue weighted by atomic mass is 79.9. The lowest BCUT2D eigenvalue weighted by Crippen LogP contribution is -2.52. The van der Waals surface area contributed by atoms with Gasteiger partial charge in [0.25, 0.3) is 0 Å². The summed E-state index contributed by atoms with van der Waals surface area (Å²) in [7, 11) is -3.64. The zero-order chi connectivity index (χ0) is 14.7. The van der Waals surface area contributed by atoms with E-state index in [0.29, 0.717) is 22.3 Å². The molecule has 0 aliphatic rings. The third-order valence-corrected chi connectivity index (χ3v) is 6.07. The first kappa shape index (κ1) is 16.9. The number of hydrogen-bond acceptors (Lipinski definition) is 3. The van der Waals surface area contributed by atoms with E-state index in [2.05, 4.69) is 20.7 Å². The summed E-state index contributed by atoms with van der Waals surface area (Å²) in [5.74, 6) is 0. The molecule has 0 saturated carbocycles. The molecule has 0 aliphatic carbocycles. The van der Waals surface area contributed by atoms with Crippen molar-refractivity contribution in [1.82, 2.24) is 4.72 Å². The lowest BCUT2D eigenvalue weighted by atomic mass is 9.95. The van der Waals surface area contributed by atoms with E-state index in [4.69, 9.17) is 17.3 Å². The van der Waals surface area contributed by atoms with Crippen molar-refractivity contribution < 1.29 is 8.42 Å². The highest BCUT2D eigenvalue weighted by molar-refractivity contribution is 9.10. The Hall–Kier alpha value is -0.140. The second-order valence-electron chi connectivity index (χ2n) is 4.37. The first-order valence-corrected chi connectivity index (χ1v) is 8.64. The Kier molecular flexibility index (Phi) is 5.82. The lowest BCUT2D eigenvalue weighted by Gasteiger charge is -2.31.